The van der Waals surface area contributed by atoms with Crippen LogP contribution in [0.1, 0.15) is 11.1 Å². The lowest BCUT2D eigenvalue weighted by Gasteiger charge is -2.12. The number of carbonyl (C=O) groups is 1. The molecule has 0 aromatic heterocycles. The minimum atomic E-state index is -4.01. The number of hydrogen-bond donors (Lipinski definition) is 1. The molecule has 1 amide bonds. The lowest BCUT2D eigenvalue weighted by Crippen LogP contribution is -2.22. The lowest BCUT2D eigenvalue weighted by molar-refractivity contribution is -0.113. The maximum atomic E-state index is 12.8. The van der Waals surface area contributed by atoms with Crippen LogP contribution in [0.4, 0.5) is 0 Å². The van der Waals surface area contributed by atoms with E-state index in [0.717, 1.165) is 0 Å². The zero-order valence-electron chi connectivity index (χ0n) is 15.3. The summed E-state index contributed by atoms with van der Waals surface area (Å²) in [5.41, 5.74) is 6.17. The maximum Gasteiger partial charge on any atom is 0.260 e. The molecule has 0 aliphatic carbocycles. The Hall–Kier alpha value is -3.00. The van der Waals surface area contributed by atoms with Gasteiger partial charge in [-0.2, -0.15) is 0 Å². The Balaban J connectivity index is 2.50. The molecular weight excluding hydrogens is 370 g/mol. The fraction of sp³-hybridized carbons (Fsp3) is 0.211. The second kappa shape index (κ2) is 8.59. The van der Waals surface area contributed by atoms with Gasteiger partial charge in [-0.1, -0.05) is 18.2 Å². The predicted molar refractivity (Wildman–Crippen MR) is 102 cm³/mol. The minimum absolute atomic E-state index is 0.314. The molecule has 2 rings (SSSR count). The van der Waals surface area contributed by atoms with Gasteiger partial charge in [0.05, 0.1) is 32.6 Å². The SMILES string of the molecule is COc1ccc(CS(=O)(=O)C(=Cc2c(OC)cccc2OC)C(N)=O)cc1. The van der Waals surface area contributed by atoms with Gasteiger partial charge in [-0.05, 0) is 35.9 Å². The molecule has 2 aromatic rings. The molecule has 0 heterocycles. The number of carbonyl (C=O) groups excluding carboxylic acids is 1. The van der Waals surface area contributed by atoms with Gasteiger partial charge in [0, 0.05) is 0 Å². The summed E-state index contributed by atoms with van der Waals surface area (Å²) >= 11 is 0. The Morgan fingerprint density at radius 3 is 1.96 bits per heavy atom. The van der Waals surface area contributed by atoms with Crippen LogP contribution in [0.25, 0.3) is 6.08 Å². The van der Waals surface area contributed by atoms with Crippen LogP contribution < -0.4 is 19.9 Å². The number of ether oxygens (including phenoxy) is 3. The first-order valence-corrected chi connectivity index (χ1v) is 9.55. The van der Waals surface area contributed by atoms with Crippen LogP contribution in [-0.4, -0.2) is 35.7 Å². The molecule has 0 radical (unpaired) electrons. The topological polar surface area (TPSA) is 105 Å². The van der Waals surface area contributed by atoms with Gasteiger partial charge < -0.3 is 19.9 Å². The second-order valence-corrected chi connectivity index (χ2v) is 7.51. The Labute approximate surface area is 158 Å². The lowest BCUT2D eigenvalue weighted by atomic mass is 10.1. The third kappa shape index (κ3) is 4.79. The highest BCUT2D eigenvalue weighted by Gasteiger charge is 2.25. The van der Waals surface area contributed by atoms with Gasteiger partial charge >= 0.3 is 0 Å². The maximum absolute atomic E-state index is 12.8. The minimum Gasteiger partial charge on any atom is -0.497 e. The number of rotatable bonds is 8. The first kappa shape index (κ1) is 20.3. The number of sulfone groups is 1. The molecular formula is C19H21NO6S. The van der Waals surface area contributed by atoms with E-state index in [1.54, 1.807) is 42.5 Å². The van der Waals surface area contributed by atoms with Crippen molar-refractivity contribution in [2.24, 2.45) is 5.73 Å². The van der Waals surface area contributed by atoms with Crippen LogP contribution in [0.15, 0.2) is 47.4 Å². The molecule has 0 fully saturated rings. The van der Waals surface area contributed by atoms with E-state index in [2.05, 4.69) is 0 Å². The number of amides is 1. The number of nitrogens with two attached hydrogens (primary N) is 1. The van der Waals surface area contributed by atoms with Gasteiger partial charge in [-0.25, -0.2) is 8.42 Å². The summed E-state index contributed by atoms with van der Waals surface area (Å²) in [7, 11) is 0.371. The van der Waals surface area contributed by atoms with Crippen LogP contribution >= 0.6 is 0 Å². The molecule has 2 N–H and O–H groups in total. The summed E-state index contributed by atoms with van der Waals surface area (Å²) in [5, 5.41) is 0. The summed E-state index contributed by atoms with van der Waals surface area (Å²) in [6.07, 6.45) is 1.18. The Kier molecular flexibility index (Phi) is 6.46. The van der Waals surface area contributed by atoms with E-state index in [-0.39, 0.29) is 5.75 Å². The molecule has 8 heteroatoms. The van der Waals surface area contributed by atoms with E-state index >= 15 is 0 Å². The van der Waals surface area contributed by atoms with Gasteiger partial charge in [0.2, 0.25) is 0 Å². The van der Waals surface area contributed by atoms with Gasteiger partial charge in [0.15, 0.2) is 9.84 Å². The van der Waals surface area contributed by atoms with Crippen molar-refractivity contribution in [1.29, 1.82) is 0 Å². The van der Waals surface area contributed by atoms with Crippen molar-refractivity contribution in [2.45, 2.75) is 5.75 Å². The molecule has 0 aliphatic rings. The number of primary amides is 1. The van der Waals surface area contributed by atoms with Crippen LogP contribution in [-0.2, 0) is 20.4 Å². The molecule has 0 atom stereocenters. The molecule has 0 bridgehead atoms. The van der Waals surface area contributed by atoms with E-state index < -0.39 is 20.6 Å². The van der Waals surface area contributed by atoms with Crippen molar-refractivity contribution in [3.05, 3.63) is 58.5 Å². The van der Waals surface area contributed by atoms with E-state index in [4.69, 9.17) is 19.9 Å². The number of hydrogen-bond acceptors (Lipinski definition) is 6. The molecule has 0 saturated carbocycles. The zero-order chi connectivity index (χ0) is 20.0. The normalized spacial score (nSPS) is 11.7. The first-order valence-electron chi connectivity index (χ1n) is 7.90. The molecule has 2 aromatic carbocycles. The molecule has 144 valence electrons. The monoisotopic (exact) mass is 391 g/mol. The molecule has 0 aliphatic heterocycles. The van der Waals surface area contributed by atoms with Crippen LogP contribution in [0.2, 0.25) is 0 Å². The summed E-state index contributed by atoms with van der Waals surface area (Å²) in [5.74, 6) is -0.138. The van der Waals surface area contributed by atoms with Crippen molar-refractivity contribution >= 4 is 21.8 Å². The average Bonchev–Trinajstić information content (AvgIpc) is 2.65. The van der Waals surface area contributed by atoms with Crippen molar-refractivity contribution in [2.75, 3.05) is 21.3 Å². The fourth-order valence-corrected chi connectivity index (χ4v) is 3.88. The van der Waals surface area contributed by atoms with E-state index in [1.807, 2.05) is 0 Å². The number of methoxy groups -OCH3 is 3. The summed E-state index contributed by atoms with van der Waals surface area (Å²) in [4.78, 5) is 11.4. The van der Waals surface area contributed by atoms with Gasteiger partial charge in [0.25, 0.3) is 5.91 Å². The van der Waals surface area contributed by atoms with Crippen molar-refractivity contribution in [1.82, 2.24) is 0 Å². The Morgan fingerprint density at radius 2 is 1.52 bits per heavy atom. The molecule has 7 nitrogen and oxygen atoms in total. The van der Waals surface area contributed by atoms with E-state index in [1.165, 1.54) is 27.4 Å². The van der Waals surface area contributed by atoms with Crippen LogP contribution in [0.5, 0.6) is 17.2 Å². The van der Waals surface area contributed by atoms with E-state index in [0.29, 0.717) is 28.4 Å². The van der Waals surface area contributed by atoms with E-state index in [9.17, 15) is 13.2 Å². The quantitative estimate of drug-likeness (QED) is 0.692. The fourth-order valence-electron chi connectivity index (χ4n) is 2.49. The van der Waals surface area contributed by atoms with Gasteiger partial charge in [-0.3, -0.25) is 4.79 Å². The smallest absolute Gasteiger partial charge is 0.260 e. The Bertz CT molecular complexity index is 926. The largest absolute Gasteiger partial charge is 0.497 e. The van der Waals surface area contributed by atoms with Crippen molar-refractivity contribution in [3.63, 3.8) is 0 Å². The highest BCUT2D eigenvalue weighted by atomic mass is 32.2. The molecule has 0 spiro atoms. The predicted octanol–water partition coefficient (Wildman–Crippen LogP) is 2.15. The summed E-state index contributed by atoms with van der Waals surface area (Å²) in [6, 6.07) is 11.4. The van der Waals surface area contributed by atoms with Crippen LogP contribution in [0, 0.1) is 0 Å². The standard InChI is InChI=1S/C19H21NO6S/c1-24-14-9-7-13(8-10-14)12-27(22,23)18(19(20)21)11-15-16(25-2)5-4-6-17(15)26-3/h4-11H,12H2,1-3H3,(H2,20,21). The summed E-state index contributed by atoms with van der Waals surface area (Å²) < 4.78 is 41.2. The zero-order valence-corrected chi connectivity index (χ0v) is 16.1. The average molecular weight is 391 g/mol. The molecule has 0 unspecified atom stereocenters. The Morgan fingerprint density at radius 1 is 0.963 bits per heavy atom. The second-order valence-electron chi connectivity index (χ2n) is 5.56. The van der Waals surface area contributed by atoms with Crippen LogP contribution in [0.3, 0.4) is 0 Å². The third-order valence-corrected chi connectivity index (χ3v) is 5.54. The molecule has 27 heavy (non-hydrogen) atoms. The van der Waals surface area contributed by atoms with Gasteiger partial charge in [0.1, 0.15) is 22.2 Å². The highest BCUT2D eigenvalue weighted by Crippen LogP contribution is 2.32. The van der Waals surface area contributed by atoms with Crippen molar-refractivity contribution < 1.29 is 27.4 Å². The molecule has 0 saturated heterocycles. The first-order chi connectivity index (χ1) is 12.8. The third-order valence-electron chi connectivity index (χ3n) is 3.84. The van der Waals surface area contributed by atoms with Crippen molar-refractivity contribution in [3.8, 4) is 17.2 Å². The van der Waals surface area contributed by atoms with Gasteiger partial charge in [-0.15, -0.1) is 0 Å². The summed E-state index contributed by atoms with van der Waals surface area (Å²) in [6.45, 7) is 0. The number of benzene rings is 2. The highest BCUT2D eigenvalue weighted by molar-refractivity contribution is 7.95.